The molecule has 0 amide bonds. The van der Waals surface area contributed by atoms with Gasteiger partial charge in [-0.25, -0.2) is 0 Å². The highest BCUT2D eigenvalue weighted by Crippen LogP contribution is 2.40. The minimum absolute atomic E-state index is 0.889. The van der Waals surface area contributed by atoms with Crippen molar-refractivity contribution in [3.63, 3.8) is 0 Å². The van der Waals surface area contributed by atoms with Crippen molar-refractivity contribution in [3.8, 4) is 0 Å². The molecule has 0 heterocycles. The lowest BCUT2D eigenvalue weighted by Gasteiger charge is -2.38. The molecule has 0 aromatic rings. The summed E-state index contributed by atoms with van der Waals surface area (Å²) in [5, 5.41) is 0. The van der Waals surface area contributed by atoms with E-state index in [0.29, 0.717) is 0 Å². The molecule has 0 heteroatoms. The average molecular weight is 180 g/mol. The second kappa shape index (κ2) is 4.30. The van der Waals surface area contributed by atoms with Crippen LogP contribution in [0.1, 0.15) is 47.0 Å². The van der Waals surface area contributed by atoms with Gasteiger partial charge in [-0.15, -0.1) is 6.58 Å². The van der Waals surface area contributed by atoms with Gasteiger partial charge in [-0.1, -0.05) is 32.8 Å². The predicted molar refractivity (Wildman–Crippen MR) is 59.6 cm³/mol. The van der Waals surface area contributed by atoms with E-state index >= 15 is 0 Å². The number of hydrogen-bond acceptors (Lipinski definition) is 0. The highest BCUT2D eigenvalue weighted by atomic mass is 14.4. The molecule has 1 aliphatic rings. The van der Waals surface area contributed by atoms with Gasteiger partial charge in [0.05, 0.1) is 0 Å². The van der Waals surface area contributed by atoms with E-state index < -0.39 is 0 Å². The molecule has 0 radical (unpaired) electrons. The van der Waals surface area contributed by atoms with E-state index in [1.165, 1.54) is 24.8 Å². The molecule has 1 saturated carbocycles. The zero-order valence-electron chi connectivity index (χ0n) is 9.64. The molecule has 1 fully saturated rings. The quantitative estimate of drug-likeness (QED) is 0.557. The smallest absolute Gasteiger partial charge is 0.0295 e. The molecule has 13 heavy (non-hydrogen) atoms. The first-order chi connectivity index (χ1) is 6.02. The zero-order chi connectivity index (χ0) is 10.0. The molecule has 4 atom stereocenters. The minimum atomic E-state index is 0.889. The number of allylic oxidation sites excluding steroid dienone is 1. The van der Waals surface area contributed by atoms with E-state index in [2.05, 4.69) is 34.3 Å². The van der Waals surface area contributed by atoms with Crippen molar-refractivity contribution in [1.29, 1.82) is 0 Å². The lowest BCUT2D eigenvalue weighted by molar-refractivity contribution is 0.125. The molecular weight excluding hydrogens is 156 g/mol. The summed E-state index contributed by atoms with van der Waals surface area (Å²) in [7, 11) is 0. The summed E-state index contributed by atoms with van der Waals surface area (Å²) >= 11 is 0. The first-order valence-corrected chi connectivity index (χ1v) is 5.66. The molecule has 0 nitrogen and oxygen atoms in total. The van der Waals surface area contributed by atoms with Gasteiger partial charge in [0, 0.05) is 0 Å². The van der Waals surface area contributed by atoms with Crippen LogP contribution < -0.4 is 0 Å². The Morgan fingerprint density at radius 2 is 1.77 bits per heavy atom. The van der Waals surface area contributed by atoms with E-state index in [9.17, 15) is 0 Å². The van der Waals surface area contributed by atoms with Crippen molar-refractivity contribution in [2.24, 2.45) is 23.7 Å². The van der Waals surface area contributed by atoms with Crippen molar-refractivity contribution in [1.82, 2.24) is 0 Å². The Hall–Kier alpha value is -0.260. The summed E-state index contributed by atoms with van der Waals surface area (Å²) in [6.45, 7) is 13.4. The van der Waals surface area contributed by atoms with Gasteiger partial charge in [-0.3, -0.25) is 0 Å². The van der Waals surface area contributed by atoms with Gasteiger partial charge < -0.3 is 0 Å². The predicted octanol–water partition coefficient (Wildman–Crippen LogP) is 4.27. The molecular formula is C13H24. The normalized spacial score (nSPS) is 40.3. The molecule has 0 spiro atoms. The van der Waals surface area contributed by atoms with Crippen LogP contribution in [-0.4, -0.2) is 0 Å². The van der Waals surface area contributed by atoms with Gasteiger partial charge >= 0.3 is 0 Å². The molecule has 0 aromatic heterocycles. The number of hydrogen-bond donors (Lipinski definition) is 0. The molecule has 2 unspecified atom stereocenters. The third-order valence-electron chi connectivity index (χ3n) is 4.07. The fourth-order valence-electron chi connectivity index (χ4n) is 2.69. The Labute approximate surface area is 83.4 Å². The fourth-order valence-corrected chi connectivity index (χ4v) is 2.69. The van der Waals surface area contributed by atoms with Crippen molar-refractivity contribution >= 4 is 0 Å². The molecule has 1 rings (SSSR count). The van der Waals surface area contributed by atoms with Crippen LogP contribution in [0.4, 0.5) is 0 Å². The Balaban J connectivity index is 2.53. The second-order valence-electron chi connectivity index (χ2n) is 5.19. The molecule has 76 valence electrons. The fraction of sp³-hybridized carbons (Fsp3) is 0.846. The third kappa shape index (κ3) is 2.59. The highest BCUT2D eigenvalue weighted by Gasteiger charge is 2.31. The molecule has 0 saturated heterocycles. The lowest BCUT2D eigenvalue weighted by Crippen LogP contribution is -2.29. The maximum atomic E-state index is 4.03. The maximum absolute atomic E-state index is 4.03. The molecule has 0 bridgehead atoms. The van der Waals surface area contributed by atoms with Gasteiger partial charge in [0.15, 0.2) is 0 Å². The van der Waals surface area contributed by atoms with E-state index in [0.717, 1.165) is 23.7 Å². The summed E-state index contributed by atoms with van der Waals surface area (Å²) in [5.41, 5.74) is 1.36. The SMILES string of the molecule is C=C(C)C[C@@H]1CCC(C)[C@H](C)C1C. The lowest BCUT2D eigenvalue weighted by atomic mass is 9.67. The second-order valence-corrected chi connectivity index (χ2v) is 5.19. The monoisotopic (exact) mass is 180 g/mol. The Morgan fingerprint density at radius 1 is 1.15 bits per heavy atom. The van der Waals surface area contributed by atoms with Gasteiger partial charge in [-0.2, -0.15) is 0 Å². The first-order valence-electron chi connectivity index (χ1n) is 5.66. The van der Waals surface area contributed by atoms with Crippen molar-refractivity contribution in [2.75, 3.05) is 0 Å². The van der Waals surface area contributed by atoms with E-state index in [1.807, 2.05) is 0 Å². The van der Waals surface area contributed by atoms with E-state index in [-0.39, 0.29) is 0 Å². The Kier molecular flexibility index (Phi) is 3.58. The maximum Gasteiger partial charge on any atom is -0.0295 e. The van der Waals surface area contributed by atoms with Crippen molar-refractivity contribution in [2.45, 2.75) is 47.0 Å². The molecule has 0 aromatic carbocycles. The molecule has 0 N–H and O–H groups in total. The third-order valence-corrected chi connectivity index (χ3v) is 4.07. The summed E-state index contributed by atoms with van der Waals surface area (Å²) in [5.74, 6) is 3.62. The summed E-state index contributed by atoms with van der Waals surface area (Å²) < 4.78 is 0. The zero-order valence-corrected chi connectivity index (χ0v) is 9.64. The highest BCUT2D eigenvalue weighted by molar-refractivity contribution is 4.94. The molecule has 0 aliphatic heterocycles. The topological polar surface area (TPSA) is 0 Å². The van der Waals surface area contributed by atoms with E-state index in [4.69, 9.17) is 0 Å². The Bertz CT molecular complexity index is 180. The minimum Gasteiger partial charge on any atom is -0.100 e. The van der Waals surface area contributed by atoms with Crippen LogP contribution in [0.2, 0.25) is 0 Å². The first kappa shape index (κ1) is 10.8. The summed E-state index contributed by atoms with van der Waals surface area (Å²) in [4.78, 5) is 0. The summed E-state index contributed by atoms with van der Waals surface area (Å²) in [6.07, 6.45) is 4.08. The van der Waals surface area contributed by atoms with Gasteiger partial charge in [-0.05, 0) is 43.4 Å². The van der Waals surface area contributed by atoms with Crippen molar-refractivity contribution in [3.05, 3.63) is 12.2 Å². The average Bonchev–Trinajstić information content (AvgIpc) is 2.06. The van der Waals surface area contributed by atoms with Crippen LogP contribution in [0.25, 0.3) is 0 Å². The van der Waals surface area contributed by atoms with Gasteiger partial charge in [0.25, 0.3) is 0 Å². The largest absolute Gasteiger partial charge is 0.100 e. The number of rotatable bonds is 2. The van der Waals surface area contributed by atoms with Crippen LogP contribution in [0.15, 0.2) is 12.2 Å². The Morgan fingerprint density at radius 3 is 2.31 bits per heavy atom. The van der Waals surface area contributed by atoms with Gasteiger partial charge in [0.2, 0.25) is 0 Å². The molecule has 1 aliphatic carbocycles. The van der Waals surface area contributed by atoms with Crippen LogP contribution in [0.5, 0.6) is 0 Å². The summed E-state index contributed by atoms with van der Waals surface area (Å²) in [6, 6.07) is 0. The van der Waals surface area contributed by atoms with E-state index in [1.54, 1.807) is 0 Å². The van der Waals surface area contributed by atoms with Crippen LogP contribution in [0.3, 0.4) is 0 Å². The van der Waals surface area contributed by atoms with Crippen LogP contribution >= 0.6 is 0 Å². The van der Waals surface area contributed by atoms with Gasteiger partial charge in [0.1, 0.15) is 0 Å². The van der Waals surface area contributed by atoms with Crippen LogP contribution in [0, 0.1) is 23.7 Å². The standard InChI is InChI=1S/C13H24/c1-9(2)8-13-7-6-10(3)11(4)12(13)5/h10-13H,1,6-8H2,2-5H3/t10?,11-,12?,13-/m0/s1. The van der Waals surface area contributed by atoms with Crippen LogP contribution in [-0.2, 0) is 0 Å². The van der Waals surface area contributed by atoms with Crippen molar-refractivity contribution < 1.29 is 0 Å².